The van der Waals surface area contributed by atoms with Crippen molar-refractivity contribution in [2.24, 2.45) is 0 Å². The van der Waals surface area contributed by atoms with Gasteiger partial charge in [0.05, 0.1) is 11.6 Å². The van der Waals surface area contributed by atoms with E-state index in [-0.39, 0.29) is 30.6 Å². The second kappa shape index (κ2) is 11.7. The zero-order valence-corrected chi connectivity index (χ0v) is 18.0. The van der Waals surface area contributed by atoms with Gasteiger partial charge in [0.2, 0.25) is 0 Å². The fraction of sp³-hybridized carbons (Fsp3) is 0.217. The van der Waals surface area contributed by atoms with Crippen LogP contribution in [0, 0.1) is 11.6 Å². The molecule has 0 fully saturated rings. The van der Waals surface area contributed by atoms with Gasteiger partial charge in [-0.3, -0.25) is 0 Å². The van der Waals surface area contributed by atoms with Crippen molar-refractivity contribution >= 4 is 24.0 Å². The molecule has 0 bridgehead atoms. The summed E-state index contributed by atoms with van der Waals surface area (Å²) < 4.78 is 38.3. The van der Waals surface area contributed by atoms with Crippen LogP contribution in [0.15, 0.2) is 60.7 Å². The molecule has 0 heterocycles. The van der Waals surface area contributed by atoms with E-state index < -0.39 is 0 Å². The molecular weight excluding hydrogens is 431 g/mol. The quantitative estimate of drug-likeness (QED) is 0.411. The van der Waals surface area contributed by atoms with Crippen LogP contribution in [0.3, 0.4) is 0 Å². The first-order valence-electron chi connectivity index (χ1n) is 9.33. The molecule has 0 saturated carbocycles. The monoisotopic (exact) mass is 453 g/mol. The van der Waals surface area contributed by atoms with E-state index in [1.165, 1.54) is 18.2 Å². The first-order valence-corrected chi connectivity index (χ1v) is 9.71. The van der Waals surface area contributed by atoms with Gasteiger partial charge in [0.25, 0.3) is 0 Å². The smallest absolute Gasteiger partial charge is 0.180 e. The van der Waals surface area contributed by atoms with Gasteiger partial charge in [-0.15, -0.1) is 12.4 Å². The normalized spacial score (nSPS) is 10.4. The second-order valence-corrected chi connectivity index (χ2v) is 6.86. The number of ether oxygens (including phenoxy) is 2. The van der Waals surface area contributed by atoms with Crippen molar-refractivity contribution < 1.29 is 18.3 Å². The van der Waals surface area contributed by atoms with Crippen molar-refractivity contribution in [3.05, 3.63) is 94.0 Å². The van der Waals surface area contributed by atoms with Crippen LogP contribution in [0.4, 0.5) is 8.78 Å². The van der Waals surface area contributed by atoms with E-state index in [1.54, 1.807) is 36.4 Å². The molecule has 0 atom stereocenters. The van der Waals surface area contributed by atoms with Crippen LogP contribution in [0.1, 0.15) is 23.6 Å². The second-order valence-electron chi connectivity index (χ2n) is 6.45. The molecule has 0 unspecified atom stereocenters. The van der Waals surface area contributed by atoms with Crippen LogP contribution in [0.5, 0.6) is 11.5 Å². The highest BCUT2D eigenvalue weighted by molar-refractivity contribution is 6.32. The van der Waals surface area contributed by atoms with Crippen molar-refractivity contribution in [2.75, 3.05) is 6.61 Å². The summed E-state index contributed by atoms with van der Waals surface area (Å²) in [5.74, 6) is 0.310. The molecule has 1 N–H and O–H groups in total. The average Bonchev–Trinajstić information content (AvgIpc) is 2.70. The van der Waals surface area contributed by atoms with E-state index in [0.717, 1.165) is 11.1 Å². The molecule has 3 rings (SSSR count). The van der Waals surface area contributed by atoms with Crippen molar-refractivity contribution in [1.29, 1.82) is 0 Å². The van der Waals surface area contributed by atoms with Crippen molar-refractivity contribution in [3.8, 4) is 11.5 Å². The first-order chi connectivity index (χ1) is 14.1. The first kappa shape index (κ1) is 23.9. The van der Waals surface area contributed by atoms with Gasteiger partial charge in [-0.25, -0.2) is 8.78 Å². The van der Waals surface area contributed by atoms with E-state index in [2.05, 4.69) is 5.32 Å². The maximum Gasteiger partial charge on any atom is 0.180 e. The third kappa shape index (κ3) is 6.59. The molecule has 3 nitrogen and oxygen atoms in total. The topological polar surface area (TPSA) is 30.5 Å². The Morgan fingerprint density at radius 3 is 2.30 bits per heavy atom. The summed E-state index contributed by atoms with van der Waals surface area (Å²) >= 11 is 6.42. The Bertz CT molecular complexity index is 952. The Morgan fingerprint density at radius 2 is 1.60 bits per heavy atom. The molecule has 0 aliphatic carbocycles. The maximum absolute atomic E-state index is 13.8. The summed E-state index contributed by atoms with van der Waals surface area (Å²) in [5.41, 5.74) is 2.34. The van der Waals surface area contributed by atoms with Gasteiger partial charge in [-0.05, 0) is 48.4 Å². The molecule has 0 aromatic heterocycles. The highest BCUT2D eigenvalue weighted by atomic mass is 35.5. The van der Waals surface area contributed by atoms with E-state index in [9.17, 15) is 8.78 Å². The zero-order valence-electron chi connectivity index (χ0n) is 16.5. The lowest BCUT2D eigenvalue weighted by Gasteiger charge is -2.16. The summed E-state index contributed by atoms with van der Waals surface area (Å²) in [6, 6.07) is 16.4. The van der Waals surface area contributed by atoms with Gasteiger partial charge in [0, 0.05) is 18.7 Å². The zero-order chi connectivity index (χ0) is 20.6. The number of hydrogen-bond donors (Lipinski definition) is 1. The molecule has 0 radical (unpaired) electrons. The van der Waals surface area contributed by atoms with Crippen LogP contribution in [0.25, 0.3) is 0 Å². The van der Waals surface area contributed by atoms with Crippen molar-refractivity contribution in [3.63, 3.8) is 0 Å². The Balaban J connectivity index is 0.00000320. The highest BCUT2D eigenvalue weighted by Gasteiger charge is 2.14. The Labute approximate surface area is 186 Å². The molecule has 7 heteroatoms. The molecule has 0 spiro atoms. The average molecular weight is 454 g/mol. The van der Waals surface area contributed by atoms with E-state index in [4.69, 9.17) is 21.1 Å². The van der Waals surface area contributed by atoms with E-state index in [0.29, 0.717) is 41.8 Å². The minimum Gasteiger partial charge on any atom is -0.490 e. The molecule has 160 valence electrons. The third-order valence-electron chi connectivity index (χ3n) is 4.27. The van der Waals surface area contributed by atoms with Crippen LogP contribution in [-0.4, -0.2) is 6.61 Å². The molecule has 0 aliphatic rings. The van der Waals surface area contributed by atoms with E-state index >= 15 is 0 Å². The molecular formula is C23H23Cl2F2NO2. The lowest BCUT2D eigenvalue weighted by Crippen LogP contribution is -2.13. The van der Waals surface area contributed by atoms with Crippen LogP contribution in [-0.2, 0) is 19.7 Å². The van der Waals surface area contributed by atoms with Gasteiger partial charge >= 0.3 is 0 Å². The molecule has 3 aromatic carbocycles. The third-order valence-corrected chi connectivity index (χ3v) is 4.55. The van der Waals surface area contributed by atoms with E-state index in [1.807, 2.05) is 13.0 Å². The SMILES string of the molecule is CCOc1cc(CNCc2ccc(F)cc2)cc(Cl)c1OCc1ccccc1F.Cl. The van der Waals surface area contributed by atoms with Gasteiger partial charge in [0.15, 0.2) is 11.5 Å². The summed E-state index contributed by atoms with van der Waals surface area (Å²) in [5, 5.41) is 3.69. The highest BCUT2D eigenvalue weighted by Crippen LogP contribution is 2.37. The number of benzene rings is 3. The van der Waals surface area contributed by atoms with Crippen LogP contribution >= 0.6 is 24.0 Å². The molecule has 0 saturated heterocycles. The summed E-state index contributed by atoms with van der Waals surface area (Å²) in [6.45, 7) is 3.50. The van der Waals surface area contributed by atoms with Gasteiger partial charge in [0.1, 0.15) is 18.2 Å². The Morgan fingerprint density at radius 1 is 0.900 bits per heavy atom. The summed E-state index contributed by atoms with van der Waals surface area (Å²) in [7, 11) is 0. The number of rotatable bonds is 9. The Hall–Kier alpha value is -2.34. The lowest BCUT2D eigenvalue weighted by molar-refractivity contribution is 0.266. The summed E-state index contributed by atoms with van der Waals surface area (Å²) in [6.07, 6.45) is 0. The maximum atomic E-state index is 13.8. The fourth-order valence-electron chi connectivity index (χ4n) is 2.85. The number of halogens is 4. The fourth-order valence-corrected chi connectivity index (χ4v) is 3.13. The lowest BCUT2D eigenvalue weighted by atomic mass is 10.1. The molecule has 3 aromatic rings. The van der Waals surface area contributed by atoms with Gasteiger partial charge < -0.3 is 14.8 Å². The summed E-state index contributed by atoms with van der Waals surface area (Å²) in [4.78, 5) is 0. The molecule has 30 heavy (non-hydrogen) atoms. The number of nitrogens with one attached hydrogen (secondary N) is 1. The number of hydrogen-bond acceptors (Lipinski definition) is 3. The van der Waals surface area contributed by atoms with Crippen molar-refractivity contribution in [2.45, 2.75) is 26.6 Å². The predicted octanol–water partition coefficient (Wildman–Crippen LogP) is 6.31. The molecule has 0 aliphatic heterocycles. The van der Waals surface area contributed by atoms with Gasteiger partial charge in [-0.2, -0.15) is 0 Å². The van der Waals surface area contributed by atoms with Gasteiger partial charge in [-0.1, -0.05) is 41.9 Å². The van der Waals surface area contributed by atoms with Crippen LogP contribution in [0.2, 0.25) is 5.02 Å². The predicted molar refractivity (Wildman–Crippen MR) is 118 cm³/mol. The minimum absolute atomic E-state index is 0. The minimum atomic E-state index is -0.330. The molecule has 0 amide bonds. The van der Waals surface area contributed by atoms with Crippen molar-refractivity contribution in [1.82, 2.24) is 5.32 Å². The largest absolute Gasteiger partial charge is 0.490 e. The van der Waals surface area contributed by atoms with Crippen LogP contribution < -0.4 is 14.8 Å². The Kier molecular flexibility index (Phi) is 9.37. The standard InChI is InChI=1S/C23H22ClF2NO2.ClH/c1-2-28-22-12-17(14-27-13-16-7-9-19(25)10-8-16)11-20(24)23(22)29-15-18-5-3-4-6-21(18)26;/h3-12,27H,2,13-15H2,1H3;1H.